The van der Waals surface area contributed by atoms with E-state index in [9.17, 15) is 0 Å². The van der Waals surface area contributed by atoms with Crippen LogP contribution in [0.4, 0.5) is 0 Å². The van der Waals surface area contributed by atoms with Crippen molar-refractivity contribution in [2.24, 2.45) is 5.92 Å². The molecule has 0 spiro atoms. The zero-order chi connectivity index (χ0) is 12.3. The van der Waals surface area contributed by atoms with E-state index in [1.165, 1.54) is 25.7 Å². The van der Waals surface area contributed by atoms with Gasteiger partial charge in [-0.1, -0.05) is 20.8 Å². The standard InChI is InChI=1S/C14H25N3/c1-11(2)15-8-13-9-17(10-16-13)14-6-4-12(3)5-7-14/h9-12,14-15H,4-8H2,1-3H3. The number of imidazole rings is 1. The average molecular weight is 235 g/mol. The molecule has 1 saturated carbocycles. The number of hydrogen-bond acceptors (Lipinski definition) is 2. The second-order valence-corrected chi connectivity index (χ2v) is 5.76. The highest BCUT2D eigenvalue weighted by molar-refractivity contribution is 4.98. The van der Waals surface area contributed by atoms with Crippen molar-refractivity contribution >= 4 is 0 Å². The van der Waals surface area contributed by atoms with Gasteiger partial charge in [0, 0.05) is 24.8 Å². The Morgan fingerprint density at radius 2 is 2.06 bits per heavy atom. The van der Waals surface area contributed by atoms with E-state index in [2.05, 4.69) is 41.8 Å². The third kappa shape index (κ3) is 3.56. The average Bonchev–Trinajstić information content (AvgIpc) is 2.76. The minimum Gasteiger partial charge on any atom is -0.334 e. The smallest absolute Gasteiger partial charge is 0.0952 e. The Bertz CT molecular complexity index is 335. The maximum Gasteiger partial charge on any atom is 0.0952 e. The number of nitrogens with zero attached hydrogens (tertiary/aromatic N) is 2. The minimum absolute atomic E-state index is 0.524. The summed E-state index contributed by atoms with van der Waals surface area (Å²) in [6, 6.07) is 1.21. The first-order valence-electron chi connectivity index (χ1n) is 6.91. The molecule has 1 aliphatic carbocycles. The summed E-state index contributed by atoms with van der Waals surface area (Å²) in [6.07, 6.45) is 9.59. The molecule has 0 amide bonds. The predicted molar refractivity (Wildman–Crippen MR) is 70.9 cm³/mol. The van der Waals surface area contributed by atoms with Gasteiger partial charge in [-0.2, -0.15) is 0 Å². The van der Waals surface area contributed by atoms with Gasteiger partial charge < -0.3 is 9.88 Å². The molecule has 1 aliphatic rings. The number of aromatic nitrogens is 2. The summed E-state index contributed by atoms with van der Waals surface area (Å²) < 4.78 is 2.32. The van der Waals surface area contributed by atoms with E-state index in [0.29, 0.717) is 12.1 Å². The molecule has 0 radical (unpaired) electrons. The first-order chi connectivity index (χ1) is 8.15. The van der Waals surface area contributed by atoms with Crippen LogP contribution >= 0.6 is 0 Å². The Kier molecular flexibility index (Phi) is 4.21. The van der Waals surface area contributed by atoms with Crippen molar-refractivity contribution in [3.8, 4) is 0 Å². The molecule has 0 atom stereocenters. The highest BCUT2D eigenvalue weighted by Gasteiger charge is 2.19. The van der Waals surface area contributed by atoms with Gasteiger partial charge in [0.2, 0.25) is 0 Å². The maximum absolute atomic E-state index is 4.48. The van der Waals surface area contributed by atoms with Crippen LogP contribution < -0.4 is 5.32 Å². The first kappa shape index (κ1) is 12.6. The topological polar surface area (TPSA) is 29.9 Å². The van der Waals surface area contributed by atoms with Gasteiger partial charge in [0.05, 0.1) is 12.0 Å². The first-order valence-corrected chi connectivity index (χ1v) is 6.91. The molecule has 2 rings (SSSR count). The summed E-state index contributed by atoms with van der Waals surface area (Å²) in [6.45, 7) is 7.58. The molecule has 1 aromatic heterocycles. The molecule has 3 heteroatoms. The molecule has 3 nitrogen and oxygen atoms in total. The Labute approximate surface area is 105 Å². The summed E-state index contributed by atoms with van der Waals surface area (Å²) in [4.78, 5) is 4.48. The Balaban J connectivity index is 1.89. The van der Waals surface area contributed by atoms with Crippen molar-refractivity contribution in [3.05, 3.63) is 18.2 Å². The SMILES string of the molecule is CC1CCC(n2cnc(CNC(C)C)c2)CC1. The minimum atomic E-state index is 0.524. The van der Waals surface area contributed by atoms with E-state index in [1.54, 1.807) is 0 Å². The Hall–Kier alpha value is -0.830. The maximum atomic E-state index is 4.48. The van der Waals surface area contributed by atoms with Crippen LogP contribution in [0.3, 0.4) is 0 Å². The zero-order valence-corrected chi connectivity index (χ0v) is 11.3. The van der Waals surface area contributed by atoms with Gasteiger partial charge in [0.15, 0.2) is 0 Å². The zero-order valence-electron chi connectivity index (χ0n) is 11.3. The molecule has 1 heterocycles. The largest absolute Gasteiger partial charge is 0.334 e. The molecule has 17 heavy (non-hydrogen) atoms. The Morgan fingerprint density at radius 1 is 1.35 bits per heavy atom. The lowest BCUT2D eigenvalue weighted by atomic mass is 9.87. The fourth-order valence-corrected chi connectivity index (χ4v) is 2.52. The van der Waals surface area contributed by atoms with E-state index in [0.717, 1.165) is 18.2 Å². The third-order valence-corrected chi connectivity index (χ3v) is 3.75. The second kappa shape index (κ2) is 5.67. The lowest BCUT2D eigenvalue weighted by Gasteiger charge is -2.26. The molecule has 1 N–H and O–H groups in total. The van der Waals surface area contributed by atoms with Crippen LogP contribution in [0.15, 0.2) is 12.5 Å². The van der Waals surface area contributed by atoms with Crippen molar-refractivity contribution in [1.29, 1.82) is 0 Å². The van der Waals surface area contributed by atoms with E-state index in [-0.39, 0.29) is 0 Å². The van der Waals surface area contributed by atoms with Gasteiger partial charge >= 0.3 is 0 Å². The summed E-state index contributed by atoms with van der Waals surface area (Å²) in [5.74, 6) is 0.914. The van der Waals surface area contributed by atoms with Crippen molar-refractivity contribution in [2.75, 3.05) is 0 Å². The van der Waals surface area contributed by atoms with Gasteiger partial charge in [-0.3, -0.25) is 0 Å². The highest BCUT2D eigenvalue weighted by atomic mass is 15.1. The normalized spacial score (nSPS) is 25.4. The van der Waals surface area contributed by atoms with Gasteiger partial charge in [-0.05, 0) is 31.6 Å². The van der Waals surface area contributed by atoms with Crippen LogP contribution in [0.2, 0.25) is 0 Å². The van der Waals surface area contributed by atoms with Crippen molar-refractivity contribution < 1.29 is 0 Å². The van der Waals surface area contributed by atoms with Crippen molar-refractivity contribution in [3.63, 3.8) is 0 Å². The van der Waals surface area contributed by atoms with Crippen LogP contribution in [-0.2, 0) is 6.54 Å². The van der Waals surface area contributed by atoms with Crippen molar-refractivity contribution in [2.45, 2.75) is 65.1 Å². The Morgan fingerprint density at radius 3 is 2.71 bits per heavy atom. The predicted octanol–water partition coefficient (Wildman–Crippen LogP) is 3.13. The van der Waals surface area contributed by atoms with Gasteiger partial charge in [0.1, 0.15) is 0 Å². The number of hydrogen-bond donors (Lipinski definition) is 1. The lowest BCUT2D eigenvalue weighted by Crippen LogP contribution is -2.22. The molecule has 0 aliphatic heterocycles. The molecular weight excluding hydrogens is 210 g/mol. The van der Waals surface area contributed by atoms with Gasteiger partial charge in [-0.15, -0.1) is 0 Å². The summed E-state index contributed by atoms with van der Waals surface area (Å²) in [5, 5.41) is 3.41. The lowest BCUT2D eigenvalue weighted by molar-refractivity contribution is 0.289. The number of nitrogens with one attached hydrogen (secondary N) is 1. The molecule has 0 bridgehead atoms. The van der Waals surface area contributed by atoms with Crippen LogP contribution in [-0.4, -0.2) is 15.6 Å². The van der Waals surface area contributed by atoms with Crippen LogP contribution in [0.25, 0.3) is 0 Å². The van der Waals surface area contributed by atoms with E-state index in [4.69, 9.17) is 0 Å². The fourth-order valence-electron chi connectivity index (χ4n) is 2.52. The van der Waals surface area contributed by atoms with E-state index >= 15 is 0 Å². The summed E-state index contributed by atoms with van der Waals surface area (Å²) >= 11 is 0. The van der Waals surface area contributed by atoms with Gasteiger partial charge in [0.25, 0.3) is 0 Å². The van der Waals surface area contributed by atoms with Gasteiger partial charge in [-0.25, -0.2) is 4.98 Å². The molecule has 96 valence electrons. The van der Waals surface area contributed by atoms with Crippen molar-refractivity contribution in [1.82, 2.24) is 14.9 Å². The monoisotopic (exact) mass is 235 g/mol. The molecule has 1 aromatic rings. The summed E-state index contributed by atoms with van der Waals surface area (Å²) in [7, 11) is 0. The molecule has 1 fully saturated rings. The highest BCUT2D eigenvalue weighted by Crippen LogP contribution is 2.31. The molecule has 0 saturated heterocycles. The molecule has 0 aromatic carbocycles. The van der Waals surface area contributed by atoms with E-state index in [1.807, 2.05) is 6.33 Å². The third-order valence-electron chi connectivity index (χ3n) is 3.75. The van der Waals surface area contributed by atoms with Crippen LogP contribution in [0.1, 0.15) is 58.2 Å². The van der Waals surface area contributed by atoms with Crippen LogP contribution in [0.5, 0.6) is 0 Å². The number of rotatable bonds is 4. The summed E-state index contributed by atoms with van der Waals surface area (Å²) in [5.41, 5.74) is 1.16. The quantitative estimate of drug-likeness (QED) is 0.869. The second-order valence-electron chi connectivity index (χ2n) is 5.76. The van der Waals surface area contributed by atoms with Crippen LogP contribution in [0, 0.1) is 5.92 Å². The molecular formula is C14H25N3. The van der Waals surface area contributed by atoms with E-state index < -0.39 is 0 Å². The molecule has 0 unspecified atom stereocenters. The fraction of sp³-hybridized carbons (Fsp3) is 0.786.